The van der Waals surface area contributed by atoms with Crippen LogP contribution in [0.2, 0.25) is 0 Å². The fourth-order valence-corrected chi connectivity index (χ4v) is 4.96. The summed E-state index contributed by atoms with van der Waals surface area (Å²) < 4.78 is 5.45. The molecular formula is C15H27N3O2. The molecule has 0 aromatic heterocycles. The Morgan fingerprint density at radius 2 is 1.65 bits per heavy atom. The molecule has 0 aromatic rings. The summed E-state index contributed by atoms with van der Waals surface area (Å²) in [6.07, 6.45) is 0. The zero-order valence-electron chi connectivity index (χ0n) is 12.6. The molecule has 5 heteroatoms. The topological polar surface area (TPSA) is 39.2 Å². The summed E-state index contributed by atoms with van der Waals surface area (Å²) in [5, 5.41) is 11.6. The first kappa shape index (κ1) is 13.5. The lowest BCUT2D eigenvalue weighted by Crippen LogP contribution is -2.73. The molecule has 20 heavy (non-hydrogen) atoms. The van der Waals surface area contributed by atoms with E-state index < -0.39 is 5.60 Å². The van der Waals surface area contributed by atoms with Crippen molar-refractivity contribution in [2.45, 2.75) is 12.5 Å². The first-order valence-electron chi connectivity index (χ1n) is 8.06. The molecule has 0 amide bonds. The summed E-state index contributed by atoms with van der Waals surface area (Å²) in [5.74, 6) is 0.403. The van der Waals surface area contributed by atoms with E-state index in [0.29, 0.717) is 5.92 Å². The van der Waals surface area contributed by atoms with E-state index in [1.807, 2.05) is 0 Å². The van der Waals surface area contributed by atoms with E-state index in [-0.39, 0.29) is 5.41 Å². The number of morpholine rings is 1. The molecule has 2 unspecified atom stereocenters. The highest BCUT2D eigenvalue weighted by atomic mass is 16.5. The average Bonchev–Trinajstić information content (AvgIpc) is 2.66. The molecule has 4 bridgehead atoms. The predicted molar refractivity (Wildman–Crippen MR) is 76.7 cm³/mol. The van der Waals surface area contributed by atoms with Gasteiger partial charge in [-0.05, 0) is 0 Å². The van der Waals surface area contributed by atoms with Gasteiger partial charge in [0.2, 0.25) is 0 Å². The van der Waals surface area contributed by atoms with Gasteiger partial charge in [-0.15, -0.1) is 0 Å². The second-order valence-electron chi connectivity index (χ2n) is 7.54. The molecule has 0 spiro atoms. The lowest BCUT2D eigenvalue weighted by Gasteiger charge is -2.60. The predicted octanol–water partition coefficient (Wildman–Crippen LogP) is -0.683. The minimum absolute atomic E-state index is 0.0168. The molecule has 5 aliphatic rings. The van der Waals surface area contributed by atoms with Crippen LogP contribution in [0.15, 0.2) is 0 Å². The van der Waals surface area contributed by atoms with Gasteiger partial charge in [0.25, 0.3) is 0 Å². The van der Waals surface area contributed by atoms with Crippen molar-refractivity contribution in [1.82, 2.24) is 14.7 Å². The number of hydrogen-bond donors (Lipinski definition) is 1. The minimum atomic E-state index is -0.526. The van der Waals surface area contributed by atoms with Gasteiger partial charge in [-0.25, -0.2) is 0 Å². The lowest BCUT2D eigenvalue weighted by atomic mass is 9.61. The molecule has 5 fully saturated rings. The largest absolute Gasteiger partial charge is 0.387 e. The highest BCUT2D eigenvalue weighted by Gasteiger charge is 2.61. The summed E-state index contributed by atoms with van der Waals surface area (Å²) in [7, 11) is 0. The van der Waals surface area contributed by atoms with Gasteiger partial charge in [0.1, 0.15) is 0 Å². The van der Waals surface area contributed by atoms with Crippen molar-refractivity contribution < 1.29 is 9.84 Å². The van der Waals surface area contributed by atoms with Gasteiger partial charge in [-0.2, -0.15) is 0 Å². The molecule has 1 N–H and O–H groups in total. The number of piperidine rings is 2. The fourth-order valence-electron chi connectivity index (χ4n) is 4.96. The molecule has 5 rings (SSSR count). The van der Waals surface area contributed by atoms with Crippen molar-refractivity contribution >= 4 is 0 Å². The van der Waals surface area contributed by atoms with Crippen molar-refractivity contribution in [1.29, 1.82) is 0 Å². The summed E-state index contributed by atoms with van der Waals surface area (Å²) in [6, 6.07) is 0. The third-order valence-corrected chi connectivity index (χ3v) is 6.12. The summed E-state index contributed by atoms with van der Waals surface area (Å²) >= 11 is 0. The molecule has 0 aliphatic carbocycles. The van der Waals surface area contributed by atoms with E-state index in [2.05, 4.69) is 21.6 Å². The fraction of sp³-hybridized carbons (Fsp3) is 1.00. The van der Waals surface area contributed by atoms with Gasteiger partial charge in [0.05, 0.1) is 18.8 Å². The van der Waals surface area contributed by atoms with Crippen LogP contribution in [-0.4, -0.2) is 97.5 Å². The van der Waals surface area contributed by atoms with E-state index in [4.69, 9.17) is 4.74 Å². The van der Waals surface area contributed by atoms with Crippen molar-refractivity contribution in [3.8, 4) is 0 Å². The van der Waals surface area contributed by atoms with Gasteiger partial charge in [0, 0.05) is 70.2 Å². The Morgan fingerprint density at radius 1 is 1.05 bits per heavy atom. The first-order chi connectivity index (χ1) is 9.59. The zero-order valence-corrected chi connectivity index (χ0v) is 12.6. The van der Waals surface area contributed by atoms with Gasteiger partial charge < -0.3 is 19.6 Å². The summed E-state index contributed by atoms with van der Waals surface area (Å²) in [4.78, 5) is 7.56. The molecule has 114 valence electrons. The quantitative estimate of drug-likeness (QED) is 0.726. The summed E-state index contributed by atoms with van der Waals surface area (Å²) in [5.41, 5.74) is -0.509. The number of aliphatic hydroxyl groups is 1. The Hall–Kier alpha value is -0.200. The Morgan fingerprint density at radius 3 is 2.20 bits per heavy atom. The third kappa shape index (κ3) is 1.95. The lowest BCUT2D eigenvalue weighted by molar-refractivity contribution is -0.203. The van der Waals surface area contributed by atoms with Crippen molar-refractivity contribution in [3.63, 3.8) is 0 Å². The molecule has 0 radical (unpaired) electrons. The molecule has 3 atom stereocenters. The van der Waals surface area contributed by atoms with Crippen LogP contribution in [0.4, 0.5) is 0 Å². The highest BCUT2D eigenvalue weighted by Crippen LogP contribution is 2.48. The maximum absolute atomic E-state index is 11.6. The van der Waals surface area contributed by atoms with Crippen molar-refractivity contribution in [2.75, 3.05) is 72.1 Å². The number of nitrogens with zero attached hydrogens (tertiary/aromatic N) is 3. The van der Waals surface area contributed by atoms with Crippen LogP contribution >= 0.6 is 0 Å². The molecule has 0 aromatic carbocycles. The number of β-amino-alcohol motifs (C(OH)–C–C–N with tert-alkyl or cyclic N) is 1. The van der Waals surface area contributed by atoms with Crippen LogP contribution in [0.3, 0.4) is 0 Å². The van der Waals surface area contributed by atoms with Crippen LogP contribution in [0.5, 0.6) is 0 Å². The normalized spacial score (nSPS) is 52.2. The Kier molecular flexibility index (Phi) is 3.13. The zero-order chi connectivity index (χ0) is 13.8. The number of hydrogen-bond acceptors (Lipinski definition) is 5. The average molecular weight is 281 g/mol. The van der Waals surface area contributed by atoms with Crippen LogP contribution in [0.1, 0.15) is 6.92 Å². The van der Waals surface area contributed by atoms with E-state index in [0.717, 1.165) is 59.0 Å². The SMILES string of the molecule is CC12CN3CCN(CC(C3)[C@]1(O)CN1CCOCC1)C2. The van der Waals surface area contributed by atoms with Gasteiger partial charge in [-0.3, -0.25) is 4.90 Å². The Bertz CT molecular complexity index is 369. The molecule has 5 nitrogen and oxygen atoms in total. The monoisotopic (exact) mass is 281 g/mol. The number of fused-ring (bicyclic) bond motifs is 1. The van der Waals surface area contributed by atoms with Crippen molar-refractivity contribution in [3.05, 3.63) is 0 Å². The molecule has 0 saturated carbocycles. The van der Waals surface area contributed by atoms with Crippen LogP contribution in [0, 0.1) is 11.3 Å². The van der Waals surface area contributed by atoms with E-state index in [1.54, 1.807) is 0 Å². The standard InChI is InChI=1S/C15H27N3O2/c1-14-10-17-2-3-18(11-14)9-13(8-17)15(14,19)12-16-4-6-20-7-5-16/h13,19H,2-12H2,1H3/t13?,14?,15-/m1/s1. The smallest absolute Gasteiger partial charge is 0.0904 e. The van der Waals surface area contributed by atoms with E-state index >= 15 is 0 Å². The first-order valence-corrected chi connectivity index (χ1v) is 8.06. The van der Waals surface area contributed by atoms with Crippen LogP contribution in [-0.2, 0) is 4.74 Å². The van der Waals surface area contributed by atoms with Crippen LogP contribution < -0.4 is 0 Å². The van der Waals surface area contributed by atoms with Crippen molar-refractivity contribution in [2.24, 2.45) is 11.3 Å². The second kappa shape index (κ2) is 4.65. The molecule has 5 aliphatic heterocycles. The molecule has 5 saturated heterocycles. The van der Waals surface area contributed by atoms with E-state index in [9.17, 15) is 5.11 Å². The maximum atomic E-state index is 11.6. The molecular weight excluding hydrogens is 254 g/mol. The third-order valence-electron chi connectivity index (χ3n) is 6.12. The second-order valence-corrected chi connectivity index (χ2v) is 7.54. The summed E-state index contributed by atoms with van der Waals surface area (Å²) in [6.45, 7) is 13.3. The minimum Gasteiger partial charge on any atom is -0.387 e. The van der Waals surface area contributed by atoms with Crippen LogP contribution in [0.25, 0.3) is 0 Å². The highest BCUT2D eigenvalue weighted by molar-refractivity contribution is 5.13. The van der Waals surface area contributed by atoms with Gasteiger partial charge >= 0.3 is 0 Å². The maximum Gasteiger partial charge on any atom is 0.0904 e. The van der Waals surface area contributed by atoms with Gasteiger partial charge in [0.15, 0.2) is 0 Å². The number of rotatable bonds is 2. The van der Waals surface area contributed by atoms with Gasteiger partial charge in [-0.1, -0.05) is 6.92 Å². The Labute approximate surface area is 121 Å². The van der Waals surface area contributed by atoms with E-state index in [1.165, 1.54) is 13.1 Å². The molecule has 5 heterocycles. The number of ether oxygens (including phenoxy) is 1. The Balaban J connectivity index is 1.59.